The number of ether oxygens (including phenoxy) is 1. The van der Waals surface area contributed by atoms with Crippen LogP contribution in [0.1, 0.15) is 29.8 Å². The van der Waals surface area contributed by atoms with Gasteiger partial charge in [0, 0.05) is 38.7 Å². The predicted octanol–water partition coefficient (Wildman–Crippen LogP) is -0.602. The van der Waals surface area contributed by atoms with Gasteiger partial charge < -0.3 is 14.5 Å². The predicted molar refractivity (Wildman–Crippen MR) is 83.2 cm³/mol. The molecule has 0 atom stereocenters. The van der Waals surface area contributed by atoms with Gasteiger partial charge in [-0.3, -0.25) is 19.2 Å². The molecule has 0 unspecified atom stereocenters. The van der Waals surface area contributed by atoms with Gasteiger partial charge in [-0.1, -0.05) is 0 Å². The maximum Gasteiger partial charge on any atom is 0.306 e. The highest BCUT2D eigenvalue weighted by Gasteiger charge is 2.23. The van der Waals surface area contributed by atoms with Gasteiger partial charge in [-0.15, -0.1) is 0 Å². The molecule has 1 aliphatic rings. The first kappa shape index (κ1) is 17.6. The third kappa shape index (κ3) is 4.64. The fraction of sp³-hybridized carbons (Fsp3) is 0.533. The van der Waals surface area contributed by atoms with Crippen molar-refractivity contribution in [2.75, 3.05) is 33.3 Å². The van der Waals surface area contributed by atoms with E-state index >= 15 is 0 Å². The number of carbonyl (C=O) groups excluding carboxylic acids is 3. The summed E-state index contributed by atoms with van der Waals surface area (Å²) in [4.78, 5) is 49.9. The van der Waals surface area contributed by atoms with Gasteiger partial charge in [0.15, 0.2) is 0 Å². The molecule has 9 nitrogen and oxygen atoms in total. The molecule has 1 fully saturated rings. The van der Waals surface area contributed by atoms with Crippen molar-refractivity contribution < 1.29 is 19.1 Å². The van der Waals surface area contributed by atoms with Crippen LogP contribution in [-0.2, 0) is 14.3 Å². The highest BCUT2D eigenvalue weighted by atomic mass is 16.5. The van der Waals surface area contributed by atoms with E-state index in [1.54, 1.807) is 9.80 Å². The van der Waals surface area contributed by atoms with Crippen LogP contribution in [0.3, 0.4) is 0 Å². The lowest BCUT2D eigenvalue weighted by Gasteiger charge is -2.21. The molecule has 2 rings (SSSR count). The van der Waals surface area contributed by atoms with E-state index in [1.165, 1.54) is 19.2 Å². The number of aromatic nitrogens is 2. The Kier molecular flexibility index (Phi) is 6.05. The van der Waals surface area contributed by atoms with Gasteiger partial charge >= 0.3 is 5.97 Å². The number of carbonyl (C=O) groups is 3. The molecule has 1 N–H and O–H groups in total. The normalized spacial score (nSPS) is 14.9. The second-order valence-electron chi connectivity index (χ2n) is 5.41. The van der Waals surface area contributed by atoms with E-state index in [1.807, 2.05) is 0 Å². The Bertz CT molecular complexity index is 652. The van der Waals surface area contributed by atoms with Crippen molar-refractivity contribution in [2.24, 2.45) is 0 Å². The summed E-state index contributed by atoms with van der Waals surface area (Å²) < 4.78 is 4.52. The number of methoxy groups -OCH3 is 1. The van der Waals surface area contributed by atoms with E-state index in [0.29, 0.717) is 32.6 Å². The van der Waals surface area contributed by atoms with Crippen molar-refractivity contribution in [3.8, 4) is 0 Å². The number of aromatic amines is 1. The highest BCUT2D eigenvalue weighted by Crippen LogP contribution is 2.09. The molecule has 1 aromatic rings. The topological polar surface area (TPSA) is 113 Å². The van der Waals surface area contributed by atoms with Crippen LogP contribution in [0.25, 0.3) is 0 Å². The molecule has 24 heavy (non-hydrogen) atoms. The average Bonchev–Trinajstić information content (AvgIpc) is 2.85. The van der Waals surface area contributed by atoms with Crippen LogP contribution in [0.5, 0.6) is 0 Å². The lowest BCUT2D eigenvalue weighted by molar-refractivity contribution is -0.143. The fourth-order valence-electron chi connectivity index (χ4n) is 2.46. The van der Waals surface area contributed by atoms with E-state index in [2.05, 4.69) is 14.9 Å². The number of nitrogens with zero attached hydrogens (tertiary/aromatic N) is 3. The van der Waals surface area contributed by atoms with Gasteiger partial charge in [0.05, 0.1) is 13.5 Å². The Balaban J connectivity index is 1.91. The molecular formula is C15H20N4O5. The largest absolute Gasteiger partial charge is 0.469 e. The molecule has 0 aliphatic carbocycles. The third-order valence-electron chi connectivity index (χ3n) is 3.80. The SMILES string of the molecule is COC(=O)CCC(=O)N1CCCN(C(=O)c2ccc(=O)[nH]n2)CC1. The molecule has 9 heteroatoms. The second-order valence-corrected chi connectivity index (χ2v) is 5.41. The van der Waals surface area contributed by atoms with Crippen LogP contribution < -0.4 is 5.56 Å². The Labute approximate surface area is 138 Å². The quantitative estimate of drug-likeness (QED) is 0.735. The lowest BCUT2D eigenvalue weighted by atomic mass is 10.2. The Morgan fingerprint density at radius 3 is 2.50 bits per heavy atom. The van der Waals surface area contributed by atoms with Crippen molar-refractivity contribution in [2.45, 2.75) is 19.3 Å². The lowest BCUT2D eigenvalue weighted by Crippen LogP contribution is -2.38. The van der Waals surface area contributed by atoms with Crippen molar-refractivity contribution in [3.05, 3.63) is 28.2 Å². The molecule has 2 amide bonds. The van der Waals surface area contributed by atoms with Gasteiger partial charge in [0.25, 0.3) is 11.5 Å². The summed E-state index contributed by atoms with van der Waals surface area (Å²) in [5, 5.41) is 5.97. The Morgan fingerprint density at radius 1 is 1.12 bits per heavy atom. The summed E-state index contributed by atoms with van der Waals surface area (Å²) in [6.45, 7) is 1.81. The van der Waals surface area contributed by atoms with Gasteiger partial charge in [-0.25, -0.2) is 5.10 Å². The summed E-state index contributed by atoms with van der Waals surface area (Å²) in [6.07, 6.45) is 0.789. The fourth-order valence-corrected chi connectivity index (χ4v) is 2.46. The smallest absolute Gasteiger partial charge is 0.306 e. The summed E-state index contributed by atoms with van der Waals surface area (Å²) >= 11 is 0. The molecule has 0 aromatic carbocycles. The summed E-state index contributed by atoms with van der Waals surface area (Å²) in [5.74, 6) is -0.828. The van der Waals surface area contributed by atoms with E-state index in [-0.39, 0.29) is 35.9 Å². The zero-order chi connectivity index (χ0) is 17.5. The van der Waals surface area contributed by atoms with Crippen LogP contribution in [-0.4, -0.2) is 71.1 Å². The first-order chi connectivity index (χ1) is 11.5. The Hall–Kier alpha value is -2.71. The maximum atomic E-state index is 12.4. The van der Waals surface area contributed by atoms with Crippen molar-refractivity contribution >= 4 is 17.8 Å². The van der Waals surface area contributed by atoms with Crippen molar-refractivity contribution in [1.82, 2.24) is 20.0 Å². The number of rotatable bonds is 4. The zero-order valence-corrected chi connectivity index (χ0v) is 13.5. The maximum absolute atomic E-state index is 12.4. The van der Waals surface area contributed by atoms with E-state index in [4.69, 9.17) is 0 Å². The molecule has 0 bridgehead atoms. The van der Waals surface area contributed by atoms with Crippen LogP contribution in [0.2, 0.25) is 0 Å². The molecule has 2 heterocycles. The van der Waals surface area contributed by atoms with Gasteiger partial charge in [-0.2, -0.15) is 5.10 Å². The van der Waals surface area contributed by atoms with Crippen LogP contribution in [0, 0.1) is 0 Å². The van der Waals surface area contributed by atoms with Crippen LogP contribution >= 0.6 is 0 Å². The minimum Gasteiger partial charge on any atom is -0.469 e. The molecule has 1 saturated heterocycles. The molecule has 1 aromatic heterocycles. The van der Waals surface area contributed by atoms with Crippen LogP contribution in [0.4, 0.5) is 0 Å². The Morgan fingerprint density at radius 2 is 1.83 bits per heavy atom. The number of hydrogen-bond acceptors (Lipinski definition) is 6. The monoisotopic (exact) mass is 336 g/mol. The summed E-state index contributed by atoms with van der Waals surface area (Å²) in [6, 6.07) is 2.63. The second kappa shape index (κ2) is 8.23. The average molecular weight is 336 g/mol. The highest BCUT2D eigenvalue weighted by molar-refractivity contribution is 5.92. The first-order valence-corrected chi connectivity index (χ1v) is 7.71. The summed E-state index contributed by atoms with van der Waals surface area (Å²) in [7, 11) is 1.28. The van der Waals surface area contributed by atoms with Crippen molar-refractivity contribution in [1.29, 1.82) is 0 Å². The standard InChI is InChI=1S/C15H20N4O5/c1-24-14(22)6-5-13(21)18-7-2-8-19(10-9-18)15(23)11-3-4-12(20)17-16-11/h3-4H,2,5-10H2,1H3,(H,17,20). The number of esters is 1. The number of amides is 2. The molecule has 0 radical (unpaired) electrons. The zero-order valence-electron chi connectivity index (χ0n) is 13.5. The minimum absolute atomic E-state index is 0.0514. The molecule has 0 spiro atoms. The molecule has 130 valence electrons. The van der Waals surface area contributed by atoms with Gasteiger partial charge in [-0.05, 0) is 12.5 Å². The number of H-pyrrole nitrogens is 1. The molecule has 1 aliphatic heterocycles. The van der Waals surface area contributed by atoms with Gasteiger partial charge in [0.2, 0.25) is 5.91 Å². The molecular weight excluding hydrogens is 316 g/mol. The van der Waals surface area contributed by atoms with E-state index in [0.717, 1.165) is 0 Å². The van der Waals surface area contributed by atoms with E-state index in [9.17, 15) is 19.2 Å². The van der Waals surface area contributed by atoms with Crippen molar-refractivity contribution in [3.63, 3.8) is 0 Å². The van der Waals surface area contributed by atoms with Gasteiger partial charge in [0.1, 0.15) is 5.69 Å². The van der Waals surface area contributed by atoms with Crippen LogP contribution in [0.15, 0.2) is 16.9 Å². The minimum atomic E-state index is -0.417. The third-order valence-corrected chi connectivity index (χ3v) is 3.80. The number of hydrogen-bond donors (Lipinski definition) is 1. The number of nitrogens with one attached hydrogen (secondary N) is 1. The summed E-state index contributed by atoms with van der Waals surface area (Å²) in [5.41, 5.74) is -0.204. The molecule has 0 saturated carbocycles. The first-order valence-electron chi connectivity index (χ1n) is 7.71. The van der Waals surface area contributed by atoms with E-state index < -0.39 is 5.97 Å².